The van der Waals surface area contributed by atoms with Gasteiger partial charge in [0, 0.05) is 12.1 Å². The fourth-order valence-electron chi connectivity index (χ4n) is 3.56. The van der Waals surface area contributed by atoms with Crippen LogP contribution in [0.1, 0.15) is 17.0 Å². The number of pyridine rings is 1. The van der Waals surface area contributed by atoms with Crippen LogP contribution in [0, 0.1) is 0 Å². The fraction of sp³-hybridized carbons (Fsp3) is 0.136. The van der Waals surface area contributed by atoms with Gasteiger partial charge in [-0.1, -0.05) is 54.6 Å². The van der Waals surface area contributed by atoms with E-state index in [1.165, 1.54) is 6.20 Å². The molecule has 1 heterocycles. The number of carboxylic acids is 1. The van der Waals surface area contributed by atoms with Crippen molar-refractivity contribution in [3.05, 3.63) is 84.1 Å². The number of rotatable bonds is 5. The average molecular weight is 374 g/mol. The van der Waals surface area contributed by atoms with Crippen molar-refractivity contribution in [3.8, 4) is 11.1 Å². The molecule has 0 atom stereocenters. The van der Waals surface area contributed by atoms with Crippen molar-refractivity contribution in [2.24, 2.45) is 0 Å². The monoisotopic (exact) mass is 374 g/mol. The van der Waals surface area contributed by atoms with Gasteiger partial charge >= 0.3 is 12.1 Å². The van der Waals surface area contributed by atoms with E-state index in [2.05, 4.69) is 17.1 Å². The topological polar surface area (TPSA) is 79.7 Å². The number of nitrogens with zero attached hydrogens (tertiary/aromatic N) is 2. The Kier molecular flexibility index (Phi) is 4.76. The highest BCUT2D eigenvalue weighted by Crippen LogP contribution is 2.44. The van der Waals surface area contributed by atoms with E-state index in [0.29, 0.717) is 0 Å². The molecule has 1 aromatic heterocycles. The zero-order chi connectivity index (χ0) is 19.5. The van der Waals surface area contributed by atoms with Gasteiger partial charge in [0.05, 0.1) is 0 Å². The first-order valence-electron chi connectivity index (χ1n) is 8.90. The maximum atomic E-state index is 12.7. The second kappa shape index (κ2) is 7.52. The van der Waals surface area contributed by atoms with Gasteiger partial charge in [-0.25, -0.2) is 9.78 Å². The summed E-state index contributed by atoms with van der Waals surface area (Å²) < 4.78 is 5.54. The Hall–Kier alpha value is -3.67. The Bertz CT molecular complexity index is 974. The first-order chi connectivity index (χ1) is 13.6. The maximum Gasteiger partial charge on any atom is 0.416 e. The molecule has 1 aliphatic carbocycles. The lowest BCUT2D eigenvalue weighted by molar-refractivity contribution is -0.135. The highest BCUT2D eigenvalue weighted by Gasteiger charge is 2.30. The molecule has 6 nitrogen and oxygen atoms in total. The van der Waals surface area contributed by atoms with Crippen LogP contribution in [-0.4, -0.2) is 35.3 Å². The Labute approximate surface area is 162 Å². The predicted octanol–water partition coefficient (Wildman–Crippen LogP) is 3.92. The molecule has 6 heteroatoms. The van der Waals surface area contributed by atoms with Gasteiger partial charge in [-0.05, 0) is 34.4 Å². The molecule has 0 saturated heterocycles. The third-order valence-corrected chi connectivity index (χ3v) is 4.78. The van der Waals surface area contributed by atoms with E-state index >= 15 is 0 Å². The Morgan fingerprint density at radius 3 is 2.11 bits per heavy atom. The molecule has 3 aromatic rings. The third kappa shape index (κ3) is 3.32. The molecule has 1 amide bonds. The Balaban J connectivity index is 1.56. The lowest BCUT2D eigenvalue weighted by Crippen LogP contribution is -2.37. The minimum Gasteiger partial charge on any atom is -0.480 e. The fourth-order valence-corrected chi connectivity index (χ4v) is 3.56. The van der Waals surface area contributed by atoms with Crippen LogP contribution in [0.15, 0.2) is 72.9 Å². The zero-order valence-corrected chi connectivity index (χ0v) is 15.0. The SMILES string of the molecule is O=C(O)CN(C(=O)OCC1c2ccccc2-c2ccccc21)c1ccccn1. The molecule has 0 bridgehead atoms. The molecule has 0 unspecified atom stereocenters. The normalized spacial score (nSPS) is 12.1. The highest BCUT2D eigenvalue weighted by atomic mass is 16.6. The van der Waals surface area contributed by atoms with E-state index in [-0.39, 0.29) is 18.3 Å². The summed E-state index contributed by atoms with van der Waals surface area (Å²) in [4.78, 5) is 28.9. The number of aromatic nitrogens is 1. The third-order valence-electron chi connectivity index (χ3n) is 4.78. The number of ether oxygens (including phenoxy) is 1. The van der Waals surface area contributed by atoms with E-state index in [1.807, 2.05) is 36.4 Å². The number of hydrogen-bond acceptors (Lipinski definition) is 4. The van der Waals surface area contributed by atoms with E-state index < -0.39 is 18.6 Å². The molecule has 0 fully saturated rings. The molecular formula is C22H18N2O4. The van der Waals surface area contributed by atoms with Crippen LogP contribution in [0.4, 0.5) is 10.6 Å². The van der Waals surface area contributed by atoms with Gasteiger partial charge in [0.25, 0.3) is 0 Å². The van der Waals surface area contributed by atoms with Gasteiger partial charge in [-0.2, -0.15) is 0 Å². The van der Waals surface area contributed by atoms with Gasteiger partial charge < -0.3 is 9.84 Å². The number of carbonyl (C=O) groups is 2. The van der Waals surface area contributed by atoms with Gasteiger partial charge in [0.15, 0.2) is 0 Å². The smallest absolute Gasteiger partial charge is 0.416 e. The van der Waals surface area contributed by atoms with Crippen LogP contribution in [0.5, 0.6) is 0 Å². The quantitative estimate of drug-likeness (QED) is 0.732. The molecular weight excluding hydrogens is 356 g/mol. The van der Waals surface area contributed by atoms with Crippen LogP contribution in [-0.2, 0) is 9.53 Å². The number of benzene rings is 2. The van der Waals surface area contributed by atoms with Crippen molar-refractivity contribution < 1.29 is 19.4 Å². The first kappa shape index (κ1) is 17.7. The molecule has 0 spiro atoms. The molecule has 0 aliphatic heterocycles. The van der Waals surface area contributed by atoms with E-state index in [0.717, 1.165) is 27.2 Å². The maximum absolute atomic E-state index is 12.7. The van der Waals surface area contributed by atoms with Crippen molar-refractivity contribution in [3.63, 3.8) is 0 Å². The summed E-state index contributed by atoms with van der Waals surface area (Å²) >= 11 is 0. The molecule has 140 valence electrons. The van der Waals surface area contributed by atoms with E-state index in [1.54, 1.807) is 18.2 Å². The summed E-state index contributed by atoms with van der Waals surface area (Å²) in [5, 5.41) is 9.16. The molecule has 4 rings (SSSR count). The summed E-state index contributed by atoms with van der Waals surface area (Å²) in [7, 11) is 0. The van der Waals surface area contributed by atoms with Crippen molar-refractivity contribution in [2.45, 2.75) is 5.92 Å². The lowest BCUT2D eigenvalue weighted by Gasteiger charge is -2.21. The lowest BCUT2D eigenvalue weighted by atomic mass is 9.98. The first-order valence-corrected chi connectivity index (χ1v) is 8.90. The second-order valence-corrected chi connectivity index (χ2v) is 6.47. The zero-order valence-electron chi connectivity index (χ0n) is 15.0. The highest BCUT2D eigenvalue weighted by molar-refractivity contribution is 5.92. The van der Waals surface area contributed by atoms with Gasteiger partial charge in [-0.3, -0.25) is 9.69 Å². The number of hydrogen-bond donors (Lipinski definition) is 1. The van der Waals surface area contributed by atoms with Crippen molar-refractivity contribution in [1.82, 2.24) is 4.98 Å². The van der Waals surface area contributed by atoms with Crippen molar-refractivity contribution >= 4 is 17.9 Å². The Morgan fingerprint density at radius 2 is 1.54 bits per heavy atom. The second-order valence-electron chi connectivity index (χ2n) is 6.47. The molecule has 1 aliphatic rings. The van der Waals surface area contributed by atoms with Crippen LogP contribution in [0.3, 0.4) is 0 Å². The summed E-state index contributed by atoms with van der Waals surface area (Å²) in [6, 6.07) is 21.0. The van der Waals surface area contributed by atoms with Crippen LogP contribution >= 0.6 is 0 Å². The number of aliphatic carboxylic acids is 1. The summed E-state index contributed by atoms with van der Waals surface area (Å²) in [6.07, 6.45) is 0.768. The Morgan fingerprint density at radius 1 is 0.929 bits per heavy atom. The van der Waals surface area contributed by atoms with Gasteiger partial charge in [0.1, 0.15) is 19.0 Å². The number of fused-ring (bicyclic) bond motifs is 3. The molecule has 2 aromatic carbocycles. The number of carboxylic acid groups (broad SMARTS) is 1. The van der Waals surface area contributed by atoms with Gasteiger partial charge in [0.2, 0.25) is 0 Å². The number of amides is 1. The summed E-state index contributed by atoms with van der Waals surface area (Å²) in [5.41, 5.74) is 4.45. The summed E-state index contributed by atoms with van der Waals surface area (Å²) in [5.74, 6) is -0.993. The minimum absolute atomic E-state index is 0.0910. The van der Waals surface area contributed by atoms with Crippen LogP contribution < -0.4 is 4.90 Å². The predicted molar refractivity (Wildman–Crippen MR) is 104 cm³/mol. The molecule has 1 N–H and O–H groups in total. The number of anilines is 1. The average Bonchev–Trinajstić information content (AvgIpc) is 3.05. The molecule has 28 heavy (non-hydrogen) atoms. The number of carbonyl (C=O) groups excluding carboxylic acids is 1. The van der Waals surface area contributed by atoms with Crippen molar-refractivity contribution in [1.29, 1.82) is 0 Å². The minimum atomic E-state index is -1.14. The van der Waals surface area contributed by atoms with Crippen LogP contribution in [0.2, 0.25) is 0 Å². The van der Waals surface area contributed by atoms with E-state index in [9.17, 15) is 9.59 Å². The largest absolute Gasteiger partial charge is 0.480 e. The standard InChI is InChI=1S/C22H18N2O4/c25-21(26)13-24(20-11-5-6-12-23-20)22(27)28-14-19-17-9-3-1-7-15(17)16-8-2-4-10-18(16)19/h1-12,19H,13-14H2,(H,25,26). The summed E-state index contributed by atoms with van der Waals surface area (Å²) in [6.45, 7) is -0.399. The van der Waals surface area contributed by atoms with Gasteiger partial charge in [-0.15, -0.1) is 0 Å². The molecule has 0 radical (unpaired) electrons. The van der Waals surface area contributed by atoms with E-state index in [4.69, 9.17) is 9.84 Å². The van der Waals surface area contributed by atoms with Crippen molar-refractivity contribution in [2.75, 3.05) is 18.1 Å². The molecule has 0 saturated carbocycles. The van der Waals surface area contributed by atoms with Crippen LogP contribution in [0.25, 0.3) is 11.1 Å².